The van der Waals surface area contributed by atoms with E-state index in [-0.39, 0.29) is 5.54 Å². The summed E-state index contributed by atoms with van der Waals surface area (Å²) in [6.45, 7) is 2.25. The van der Waals surface area contributed by atoms with Crippen LogP contribution in [-0.2, 0) is 5.54 Å². The molecule has 2 heteroatoms. The molecule has 0 fully saturated rings. The number of rotatable bonds is 4. The molecule has 1 aliphatic rings. The predicted molar refractivity (Wildman–Crippen MR) is 111 cm³/mol. The SMILES string of the molecule is CCCC1(c2ccccc2)C(=Nc2ccccc2)c2ccccc2N1C. The van der Waals surface area contributed by atoms with Gasteiger partial charge in [-0.05, 0) is 30.2 Å². The molecule has 0 saturated carbocycles. The minimum atomic E-state index is -0.241. The Kier molecular flexibility index (Phi) is 4.34. The van der Waals surface area contributed by atoms with Gasteiger partial charge in [0.05, 0.1) is 11.4 Å². The van der Waals surface area contributed by atoms with Crippen LogP contribution < -0.4 is 4.90 Å². The summed E-state index contributed by atoms with van der Waals surface area (Å²) in [7, 11) is 2.20. The van der Waals surface area contributed by atoms with Crippen LogP contribution in [0.2, 0.25) is 0 Å². The second-order valence-corrected chi connectivity index (χ2v) is 6.85. The van der Waals surface area contributed by atoms with Gasteiger partial charge in [-0.1, -0.05) is 80.1 Å². The van der Waals surface area contributed by atoms with Crippen molar-refractivity contribution in [2.24, 2.45) is 4.99 Å². The average Bonchev–Trinajstić information content (AvgIpc) is 2.94. The van der Waals surface area contributed by atoms with Gasteiger partial charge < -0.3 is 4.90 Å². The minimum Gasteiger partial charge on any atom is -0.359 e. The Hall–Kier alpha value is -2.87. The Morgan fingerprint density at radius 3 is 2.12 bits per heavy atom. The van der Waals surface area contributed by atoms with E-state index < -0.39 is 0 Å². The maximum atomic E-state index is 5.17. The summed E-state index contributed by atoms with van der Waals surface area (Å²) in [4.78, 5) is 7.59. The van der Waals surface area contributed by atoms with Crippen LogP contribution >= 0.6 is 0 Å². The van der Waals surface area contributed by atoms with Crippen LogP contribution in [0.4, 0.5) is 11.4 Å². The summed E-state index contributed by atoms with van der Waals surface area (Å²) in [6.07, 6.45) is 2.11. The largest absolute Gasteiger partial charge is 0.359 e. The number of hydrogen-bond donors (Lipinski definition) is 0. The van der Waals surface area contributed by atoms with Crippen LogP contribution in [0.15, 0.2) is 89.9 Å². The topological polar surface area (TPSA) is 15.6 Å². The zero-order valence-electron chi connectivity index (χ0n) is 15.4. The molecule has 1 atom stereocenters. The zero-order chi connectivity index (χ0) is 18.0. The highest BCUT2D eigenvalue weighted by atomic mass is 15.2. The van der Waals surface area contributed by atoms with Crippen LogP contribution in [0.1, 0.15) is 30.9 Å². The maximum Gasteiger partial charge on any atom is 0.108 e. The van der Waals surface area contributed by atoms with Crippen molar-refractivity contribution >= 4 is 17.1 Å². The van der Waals surface area contributed by atoms with Crippen LogP contribution in [-0.4, -0.2) is 12.8 Å². The first-order chi connectivity index (χ1) is 12.8. The van der Waals surface area contributed by atoms with Crippen molar-refractivity contribution in [3.8, 4) is 0 Å². The van der Waals surface area contributed by atoms with E-state index in [4.69, 9.17) is 4.99 Å². The van der Waals surface area contributed by atoms with Gasteiger partial charge in [0.1, 0.15) is 5.54 Å². The van der Waals surface area contributed by atoms with Gasteiger partial charge in [-0.3, -0.25) is 0 Å². The van der Waals surface area contributed by atoms with E-state index in [1.165, 1.54) is 16.8 Å². The highest BCUT2D eigenvalue weighted by Gasteiger charge is 2.48. The highest BCUT2D eigenvalue weighted by molar-refractivity contribution is 6.18. The quantitative estimate of drug-likeness (QED) is 0.573. The zero-order valence-corrected chi connectivity index (χ0v) is 15.4. The Morgan fingerprint density at radius 2 is 1.42 bits per heavy atom. The molecule has 0 saturated heterocycles. The second-order valence-electron chi connectivity index (χ2n) is 6.85. The van der Waals surface area contributed by atoms with Crippen molar-refractivity contribution in [2.75, 3.05) is 11.9 Å². The highest BCUT2D eigenvalue weighted by Crippen LogP contribution is 2.47. The van der Waals surface area contributed by atoms with Gasteiger partial charge in [0.15, 0.2) is 0 Å². The molecule has 0 bridgehead atoms. The first-order valence-corrected chi connectivity index (χ1v) is 9.30. The van der Waals surface area contributed by atoms with E-state index in [0.717, 1.165) is 24.2 Å². The van der Waals surface area contributed by atoms with Gasteiger partial charge in [0, 0.05) is 18.3 Å². The predicted octanol–water partition coefficient (Wildman–Crippen LogP) is 5.95. The average molecular weight is 340 g/mol. The third kappa shape index (κ3) is 2.53. The lowest BCUT2D eigenvalue weighted by Gasteiger charge is -2.39. The molecular formula is C24H24N2. The molecule has 1 aliphatic heterocycles. The van der Waals surface area contributed by atoms with Gasteiger partial charge >= 0.3 is 0 Å². The standard InChI is InChI=1S/C24H24N2/c1-3-18-24(19-12-6-4-7-13-19)23(25-20-14-8-5-9-15-20)21-16-10-11-17-22(21)26(24)2/h4-17H,3,18H2,1-2H3. The summed E-state index contributed by atoms with van der Waals surface area (Å²) in [5, 5.41) is 0. The molecule has 2 nitrogen and oxygen atoms in total. The lowest BCUT2D eigenvalue weighted by molar-refractivity contribution is 0.520. The van der Waals surface area contributed by atoms with E-state index in [1.54, 1.807) is 0 Å². The number of anilines is 1. The third-order valence-corrected chi connectivity index (χ3v) is 5.35. The summed E-state index contributed by atoms with van der Waals surface area (Å²) < 4.78 is 0. The van der Waals surface area contributed by atoms with Crippen LogP contribution in [0.3, 0.4) is 0 Å². The van der Waals surface area contributed by atoms with E-state index in [2.05, 4.69) is 85.6 Å². The molecule has 3 aromatic rings. The molecule has 1 heterocycles. The number of aliphatic imine (C=N–C) groups is 1. The number of benzene rings is 3. The Labute approximate surface area is 155 Å². The third-order valence-electron chi connectivity index (χ3n) is 5.35. The fraction of sp³-hybridized carbons (Fsp3) is 0.208. The molecule has 130 valence electrons. The van der Waals surface area contributed by atoms with Crippen LogP contribution in [0, 0.1) is 0 Å². The van der Waals surface area contributed by atoms with E-state index >= 15 is 0 Å². The van der Waals surface area contributed by atoms with Gasteiger partial charge in [-0.15, -0.1) is 0 Å². The summed E-state index contributed by atoms with van der Waals surface area (Å²) >= 11 is 0. The first kappa shape index (κ1) is 16.6. The lowest BCUT2D eigenvalue weighted by Crippen LogP contribution is -2.45. The number of para-hydroxylation sites is 2. The molecule has 0 N–H and O–H groups in total. The minimum absolute atomic E-state index is 0.241. The molecule has 0 radical (unpaired) electrons. The normalized spacial score (nSPS) is 20.4. The lowest BCUT2D eigenvalue weighted by atomic mass is 9.80. The second kappa shape index (κ2) is 6.80. The summed E-state index contributed by atoms with van der Waals surface area (Å²) in [5.74, 6) is 0. The van der Waals surface area contributed by atoms with Crippen molar-refractivity contribution in [3.63, 3.8) is 0 Å². The van der Waals surface area contributed by atoms with E-state index in [0.29, 0.717) is 0 Å². The van der Waals surface area contributed by atoms with Gasteiger partial charge in [-0.25, -0.2) is 4.99 Å². The molecule has 3 aromatic carbocycles. The maximum absolute atomic E-state index is 5.17. The smallest absolute Gasteiger partial charge is 0.108 e. The van der Waals surface area contributed by atoms with Crippen LogP contribution in [0.5, 0.6) is 0 Å². The monoisotopic (exact) mass is 340 g/mol. The molecule has 0 aromatic heterocycles. The molecule has 26 heavy (non-hydrogen) atoms. The van der Waals surface area contributed by atoms with E-state index in [9.17, 15) is 0 Å². The van der Waals surface area contributed by atoms with Gasteiger partial charge in [0.25, 0.3) is 0 Å². The molecular weight excluding hydrogens is 316 g/mol. The van der Waals surface area contributed by atoms with Crippen molar-refractivity contribution in [1.82, 2.24) is 0 Å². The fourth-order valence-electron chi connectivity index (χ4n) is 4.17. The number of hydrogen-bond acceptors (Lipinski definition) is 2. The van der Waals surface area contributed by atoms with Crippen LogP contribution in [0.25, 0.3) is 0 Å². The van der Waals surface area contributed by atoms with Crippen molar-refractivity contribution in [2.45, 2.75) is 25.3 Å². The van der Waals surface area contributed by atoms with Gasteiger partial charge in [0.2, 0.25) is 0 Å². The molecule has 0 amide bonds. The van der Waals surface area contributed by atoms with Crippen molar-refractivity contribution in [3.05, 3.63) is 96.1 Å². The molecule has 1 unspecified atom stereocenters. The Balaban J connectivity index is 2.00. The van der Waals surface area contributed by atoms with E-state index in [1.807, 2.05) is 18.2 Å². The Bertz CT molecular complexity index is 915. The summed E-state index contributed by atoms with van der Waals surface area (Å²) in [5.41, 5.74) is 5.69. The summed E-state index contributed by atoms with van der Waals surface area (Å²) in [6, 6.07) is 29.7. The Morgan fingerprint density at radius 1 is 0.808 bits per heavy atom. The fourth-order valence-corrected chi connectivity index (χ4v) is 4.17. The number of nitrogens with zero attached hydrogens (tertiary/aromatic N) is 2. The molecule has 0 aliphatic carbocycles. The number of fused-ring (bicyclic) bond motifs is 1. The first-order valence-electron chi connectivity index (χ1n) is 9.30. The van der Waals surface area contributed by atoms with Crippen molar-refractivity contribution < 1.29 is 0 Å². The van der Waals surface area contributed by atoms with Gasteiger partial charge in [-0.2, -0.15) is 0 Å². The molecule has 4 rings (SSSR count). The number of likely N-dealkylation sites (N-methyl/N-ethyl adjacent to an activating group) is 1. The molecule has 0 spiro atoms. The van der Waals surface area contributed by atoms with Crippen molar-refractivity contribution in [1.29, 1.82) is 0 Å².